The van der Waals surface area contributed by atoms with Crippen molar-refractivity contribution in [1.82, 2.24) is 9.80 Å². The van der Waals surface area contributed by atoms with Crippen LogP contribution in [0.1, 0.15) is 39.1 Å². The smallest absolute Gasteiger partial charge is 0.261 e. The Kier molecular flexibility index (Phi) is 8.18. The standard InChI is InChI=1S/C29H29N3O3.ClH/c33-26(31-20-18-30(19-21-31)16-6-10-22-8-2-1-3-9-22)15-7-17-32-28(34)24-13-4-11-23-12-5-14-25(27(23)24)29(32)35;/h1-6,8-14H,7,15-21H2;1H/b10-6+;. The SMILES string of the molecule is O=C(CCCN1C(=O)c2cccc3cccc(c23)C1=O)N1CC[NH+](C/C=C/c2ccccc2)CC1.[Cl-]. The molecule has 1 N–H and O–H groups in total. The first-order valence-corrected chi connectivity index (χ1v) is 12.3. The molecule has 0 radical (unpaired) electrons. The van der Waals surface area contributed by atoms with Crippen LogP contribution >= 0.6 is 0 Å². The van der Waals surface area contributed by atoms with Gasteiger partial charge in [-0.2, -0.15) is 0 Å². The molecule has 7 heteroatoms. The average molecular weight is 504 g/mol. The molecule has 5 rings (SSSR count). The third-order valence-electron chi connectivity index (χ3n) is 6.97. The summed E-state index contributed by atoms with van der Waals surface area (Å²) in [6.45, 7) is 4.53. The van der Waals surface area contributed by atoms with Gasteiger partial charge in [0.1, 0.15) is 0 Å². The van der Waals surface area contributed by atoms with Gasteiger partial charge in [0.05, 0.1) is 32.7 Å². The molecule has 0 saturated carbocycles. The minimum absolute atomic E-state index is 0. The number of hydrogen-bond donors (Lipinski definition) is 1. The second kappa shape index (κ2) is 11.5. The summed E-state index contributed by atoms with van der Waals surface area (Å²) in [5.41, 5.74) is 2.32. The van der Waals surface area contributed by atoms with Crippen molar-refractivity contribution >= 4 is 34.6 Å². The number of imide groups is 1. The van der Waals surface area contributed by atoms with Crippen LogP contribution in [0.15, 0.2) is 72.8 Å². The molecule has 6 nitrogen and oxygen atoms in total. The lowest BCUT2D eigenvalue weighted by atomic mass is 9.94. The Hall–Kier alpha value is -3.48. The highest BCUT2D eigenvalue weighted by molar-refractivity contribution is 6.25. The fourth-order valence-electron chi connectivity index (χ4n) is 5.03. The molecule has 2 aliphatic heterocycles. The van der Waals surface area contributed by atoms with Crippen molar-refractivity contribution in [3.05, 3.63) is 89.5 Å². The Balaban J connectivity index is 0.00000304. The van der Waals surface area contributed by atoms with Gasteiger partial charge >= 0.3 is 0 Å². The molecule has 36 heavy (non-hydrogen) atoms. The van der Waals surface area contributed by atoms with E-state index in [1.165, 1.54) is 15.4 Å². The minimum atomic E-state index is -0.271. The van der Waals surface area contributed by atoms with E-state index in [0.717, 1.165) is 43.5 Å². The van der Waals surface area contributed by atoms with Crippen LogP contribution in [0, 0.1) is 0 Å². The Labute approximate surface area is 217 Å². The molecule has 2 aliphatic rings. The zero-order valence-corrected chi connectivity index (χ0v) is 20.9. The zero-order valence-electron chi connectivity index (χ0n) is 20.2. The van der Waals surface area contributed by atoms with Gasteiger partial charge in [-0.05, 0) is 35.6 Å². The lowest BCUT2D eigenvalue weighted by Crippen LogP contribution is -3.14. The molecule has 0 atom stereocenters. The van der Waals surface area contributed by atoms with Gasteiger partial charge in [0, 0.05) is 29.5 Å². The van der Waals surface area contributed by atoms with E-state index >= 15 is 0 Å². The molecule has 0 aliphatic carbocycles. The number of benzene rings is 3. The van der Waals surface area contributed by atoms with Gasteiger partial charge in [-0.15, -0.1) is 0 Å². The summed E-state index contributed by atoms with van der Waals surface area (Å²) >= 11 is 0. The normalized spacial score (nSPS) is 16.0. The number of rotatable bonds is 7. The predicted octanol–water partition coefficient (Wildman–Crippen LogP) is -0.339. The first kappa shape index (κ1) is 25.6. The molecule has 2 heterocycles. The molecule has 3 aromatic rings. The van der Waals surface area contributed by atoms with E-state index in [4.69, 9.17) is 0 Å². The molecule has 3 aromatic carbocycles. The Bertz CT molecular complexity index is 1230. The van der Waals surface area contributed by atoms with E-state index in [0.29, 0.717) is 24.0 Å². The van der Waals surface area contributed by atoms with Crippen LogP contribution in [0.25, 0.3) is 16.8 Å². The van der Waals surface area contributed by atoms with Crippen LogP contribution in [0.5, 0.6) is 0 Å². The summed E-state index contributed by atoms with van der Waals surface area (Å²) in [6, 6.07) is 21.3. The van der Waals surface area contributed by atoms with E-state index in [2.05, 4.69) is 24.3 Å². The van der Waals surface area contributed by atoms with E-state index in [1.807, 2.05) is 47.4 Å². The number of carbonyl (C=O) groups is 3. The molecular formula is C29H30ClN3O3. The summed E-state index contributed by atoms with van der Waals surface area (Å²) < 4.78 is 0. The van der Waals surface area contributed by atoms with Crippen molar-refractivity contribution in [2.24, 2.45) is 0 Å². The maximum atomic E-state index is 13.0. The van der Waals surface area contributed by atoms with Crippen LogP contribution in [0.3, 0.4) is 0 Å². The Morgan fingerprint density at radius 2 is 1.50 bits per heavy atom. The van der Waals surface area contributed by atoms with E-state index in [9.17, 15) is 14.4 Å². The number of halogens is 1. The molecule has 0 aromatic heterocycles. The van der Waals surface area contributed by atoms with Crippen LogP contribution < -0.4 is 17.3 Å². The number of nitrogens with zero attached hydrogens (tertiary/aromatic N) is 2. The summed E-state index contributed by atoms with van der Waals surface area (Å²) in [5.74, 6) is -0.441. The Morgan fingerprint density at radius 3 is 2.14 bits per heavy atom. The van der Waals surface area contributed by atoms with E-state index < -0.39 is 0 Å². The van der Waals surface area contributed by atoms with Crippen molar-refractivity contribution in [3.63, 3.8) is 0 Å². The second-order valence-electron chi connectivity index (χ2n) is 9.22. The topological polar surface area (TPSA) is 62.1 Å². The van der Waals surface area contributed by atoms with Gasteiger partial charge in [-0.3, -0.25) is 19.3 Å². The van der Waals surface area contributed by atoms with Gasteiger partial charge in [0.2, 0.25) is 5.91 Å². The maximum absolute atomic E-state index is 13.0. The number of carbonyl (C=O) groups excluding carboxylic acids is 3. The quantitative estimate of drug-likeness (QED) is 0.449. The van der Waals surface area contributed by atoms with Gasteiger partial charge in [-0.1, -0.05) is 60.7 Å². The molecule has 3 amide bonds. The van der Waals surface area contributed by atoms with E-state index in [1.54, 1.807) is 12.1 Å². The van der Waals surface area contributed by atoms with Gasteiger partial charge < -0.3 is 22.2 Å². The summed E-state index contributed by atoms with van der Waals surface area (Å²) in [7, 11) is 0. The molecule has 0 unspecified atom stereocenters. The number of hydrogen-bond acceptors (Lipinski definition) is 3. The Morgan fingerprint density at radius 1 is 0.861 bits per heavy atom. The van der Waals surface area contributed by atoms with Crippen molar-refractivity contribution in [2.45, 2.75) is 12.8 Å². The second-order valence-corrected chi connectivity index (χ2v) is 9.22. The lowest BCUT2D eigenvalue weighted by Gasteiger charge is -2.32. The van der Waals surface area contributed by atoms with Crippen LogP contribution in [0.4, 0.5) is 0 Å². The third-order valence-corrected chi connectivity index (χ3v) is 6.97. The average Bonchev–Trinajstić information content (AvgIpc) is 2.90. The van der Waals surface area contributed by atoms with Crippen molar-refractivity contribution < 1.29 is 31.7 Å². The van der Waals surface area contributed by atoms with Crippen LogP contribution in [0.2, 0.25) is 0 Å². The number of piperazine rings is 1. The van der Waals surface area contributed by atoms with Crippen molar-refractivity contribution in [3.8, 4) is 0 Å². The molecule has 186 valence electrons. The largest absolute Gasteiger partial charge is 1.00 e. The number of nitrogens with one attached hydrogen (secondary N) is 1. The zero-order chi connectivity index (χ0) is 24.2. The molecule has 1 saturated heterocycles. The number of amides is 3. The first-order valence-electron chi connectivity index (χ1n) is 12.3. The van der Waals surface area contributed by atoms with Crippen LogP contribution in [-0.2, 0) is 4.79 Å². The fraction of sp³-hybridized carbons (Fsp3) is 0.276. The molecule has 0 spiro atoms. The summed E-state index contributed by atoms with van der Waals surface area (Å²) in [5, 5.41) is 1.63. The monoisotopic (exact) mass is 503 g/mol. The van der Waals surface area contributed by atoms with Crippen LogP contribution in [-0.4, -0.2) is 66.8 Å². The highest BCUT2D eigenvalue weighted by Crippen LogP contribution is 2.30. The molecular weight excluding hydrogens is 474 g/mol. The summed E-state index contributed by atoms with van der Waals surface area (Å²) in [6.07, 6.45) is 5.16. The highest BCUT2D eigenvalue weighted by Gasteiger charge is 2.32. The predicted molar refractivity (Wildman–Crippen MR) is 136 cm³/mol. The molecule has 1 fully saturated rings. The van der Waals surface area contributed by atoms with Crippen molar-refractivity contribution in [1.29, 1.82) is 0 Å². The number of quaternary nitrogens is 1. The van der Waals surface area contributed by atoms with E-state index in [-0.39, 0.29) is 36.7 Å². The van der Waals surface area contributed by atoms with Crippen molar-refractivity contribution in [2.75, 3.05) is 39.3 Å². The van der Waals surface area contributed by atoms with Gasteiger partial charge in [-0.25, -0.2) is 0 Å². The maximum Gasteiger partial charge on any atom is 0.261 e. The van der Waals surface area contributed by atoms with Gasteiger partial charge in [0.25, 0.3) is 11.8 Å². The molecule has 0 bridgehead atoms. The fourth-order valence-corrected chi connectivity index (χ4v) is 5.03. The minimum Gasteiger partial charge on any atom is -1.00 e. The highest BCUT2D eigenvalue weighted by atomic mass is 35.5. The first-order chi connectivity index (χ1) is 17.1. The lowest BCUT2D eigenvalue weighted by molar-refractivity contribution is -0.898. The summed E-state index contributed by atoms with van der Waals surface area (Å²) in [4.78, 5) is 43.5. The third kappa shape index (κ3) is 5.35. The van der Waals surface area contributed by atoms with Gasteiger partial charge in [0.15, 0.2) is 0 Å².